The normalized spacial score (nSPS) is 10.2. The number of nitrogens with two attached hydrogens (primary N) is 1. The highest BCUT2D eigenvalue weighted by Gasteiger charge is 2.03. The Morgan fingerprint density at radius 1 is 1.31 bits per heavy atom. The Balaban J connectivity index is 2.51. The van der Waals surface area contributed by atoms with Gasteiger partial charge in [0.2, 0.25) is 0 Å². The minimum absolute atomic E-state index is 0.565. The van der Waals surface area contributed by atoms with Crippen LogP contribution >= 0.6 is 11.3 Å². The molecule has 66 valence electrons. The SMILES string of the molecule is NCc1ccccc1-c1nccs1. The minimum atomic E-state index is 0.565. The molecule has 0 radical (unpaired) electrons. The molecule has 2 aromatic rings. The Bertz CT molecular complexity index is 382. The summed E-state index contributed by atoms with van der Waals surface area (Å²) in [7, 11) is 0. The second kappa shape index (κ2) is 3.68. The molecule has 0 fully saturated rings. The molecule has 0 aliphatic rings. The largest absolute Gasteiger partial charge is 0.326 e. The molecule has 0 atom stereocenters. The second-order valence-corrected chi connectivity index (χ2v) is 3.59. The van der Waals surface area contributed by atoms with E-state index in [1.807, 2.05) is 29.8 Å². The molecule has 0 unspecified atom stereocenters. The van der Waals surface area contributed by atoms with Crippen molar-refractivity contribution in [2.24, 2.45) is 5.73 Å². The van der Waals surface area contributed by atoms with Crippen molar-refractivity contribution in [3.8, 4) is 10.6 Å². The first kappa shape index (κ1) is 8.41. The van der Waals surface area contributed by atoms with Crippen LogP contribution in [0.4, 0.5) is 0 Å². The molecule has 2 nitrogen and oxygen atoms in total. The van der Waals surface area contributed by atoms with Gasteiger partial charge in [0.25, 0.3) is 0 Å². The van der Waals surface area contributed by atoms with Crippen LogP contribution in [-0.2, 0) is 6.54 Å². The van der Waals surface area contributed by atoms with Crippen LogP contribution in [-0.4, -0.2) is 4.98 Å². The maximum atomic E-state index is 5.63. The Morgan fingerprint density at radius 3 is 2.85 bits per heavy atom. The topological polar surface area (TPSA) is 38.9 Å². The van der Waals surface area contributed by atoms with Gasteiger partial charge in [0, 0.05) is 23.7 Å². The van der Waals surface area contributed by atoms with Gasteiger partial charge in [0.15, 0.2) is 0 Å². The van der Waals surface area contributed by atoms with Crippen molar-refractivity contribution in [2.75, 3.05) is 0 Å². The smallest absolute Gasteiger partial charge is 0.123 e. The van der Waals surface area contributed by atoms with Gasteiger partial charge in [0.1, 0.15) is 5.01 Å². The van der Waals surface area contributed by atoms with Gasteiger partial charge in [-0.3, -0.25) is 0 Å². The van der Waals surface area contributed by atoms with Gasteiger partial charge in [0.05, 0.1) is 0 Å². The molecule has 2 N–H and O–H groups in total. The summed E-state index contributed by atoms with van der Waals surface area (Å²) in [6, 6.07) is 8.10. The van der Waals surface area contributed by atoms with E-state index in [1.54, 1.807) is 11.3 Å². The number of thiazole rings is 1. The van der Waals surface area contributed by atoms with E-state index in [0.29, 0.717) is 6.54 Å². The van der Waals surface area contributed by atoms with Crippen LogP contribution in [0.5, 0.6) is 0 Å². The molecular weight excluding hydrogens is 180 g/mol. The van der Waals surface area contributed by atoms with E-state index in [2.05, 4.69) is 11.1 Å². The molecule has 0 aliphatic heterocycles. The fourth-order valence-electron chi connectivity index (χ4n) is 1.26. The lowest BCUT2D eigenvalue weighted by Gasteiger charge is -2.02. The summed E-state index contributed by atoms with van der Waals surface area (Å²) in [6.45, 7) is 0.565. The molecule has 0 spiro atoms. The van der Waals surface area contributed by atoms with Gasteiger partial charge >= 0.3 is 0 Å². The molecular formula is C10H10N2S. The quantitative estimate of drug-likeness (QED) is 0.789. The summed E-state index contributed by atoms with van der Waals surface area (Å²) in [5, 5.41) is 3.02. The number of nitrogens with zero attached hydrogens (tertiary/aromatic N) is 1. The van der Waals surface area contributed by atoms with Crippen molar-refractivity contribution >= 4 is 11.3 Å². The lowest BCUT2D eigenvalue weighted by atomic mass is 10.1. The first-order chi connectivity index (χ1) is 6.42. The minimum Gasteiger partial charge on any atom is -0.326 e. The Kier molecular flexibility index (Phi) is 2.38. The first-order valence-electron chi connectivity index (χ1n) is 4.09. The fraction of sp³-hybridized carbons (Fsp3) is 0.100. The van der Waals surface area contributed by atoms with E-state index in [9.17, 15) is 0 Å². The lowest BCUT2D eigenvalue weighted by Crippen LogP contribution is -1.98. The van der Waals surface area contributed by atoms with Crippen molar-refractivity contribution in [2.45, 2.75) is 6.54 Å². The summed E-state index contributed by atoms with van der Waals surface area (Å²) in [5.74, 6) is 0. The zero-order valence-corrected chi connectivity index (χ0v) is 7.92. The summed E-state index contributed by atoms with van der Waals surface area (Å²) < 4.78 is 0. The van der Waals surface area contributed by atoms with Gasteiger partial charge in [-0.05, 0) is 5.56 Å². The zero-order chi connectivity index (χ0) is 9.10. The maximum absolute atomic E-state index is 5.63. The van der Waals surface area contributed by atoms with Crippen molar-refractivity contribution in [3.05, 3.63) is 41.4 Å². The summed E-state index contributed by atoms with van der Waals surface area (Å²) >= 11 is 1.64. The molecule has 0 amide bonds. The van der Waals surface area contributed by atoms with Gasteiger partial charge in [-0.1, -0.05) is 24.3 Å². The summed E-state index contributed by atoms with van der Waals surface area (Å²) in [5.41, 5.74) is 7.94. The highest BCUT2D eigenvalue weighted by Crippen LogP contribution is 2.24. The van der Waals surface area contributed by atoms with Crippen LogP contribution in [0.15, 0.2) is 35.8 Å². The van der Waals surface area contributed by atoms with E-state index in [-0.39, 0.29) is 0 Å². The van der Waals surface area contributed by atoms with Crippen LogP contribution in [0.1, 0.15) is 5.56 Å². The predicted molar refractivity (Wildman–Crippen MR) is 55.4 cm³/mol. The van der Waals surface area contributed by atoms with Gasteiger partial charge in [-0.15, -0.1) is 11.3 Å². The van der Waals surface area contributed by atoms with E-state index in [4.69, 9.17) is 5.73 Å². The van der Waals surface area contributed by atoms with E-state index in [0.717, 1.165) is 16.1 Å². The maximum Gasteiger partial charge on any atom is 0.123 e. The van der Waals surface area contributed by atoms with Gasteiger partial charge in [-0.2, -0.15) is 0 Å². The predicted octanol–water partition coefficient (Wildman–Crippen LogP) is 2.27. The Hall–Kier alpha value is -1.19. The van der Waals surface area contributed by atoms with Crippen LogP contribution in [0.25, 0.3) is 10.6 Å². The lowest BCUT2D eigenvalue weighted by molar-refractivity contribution is 1.07. The molecule has 0 bridgehead atoms. The third kappa shape index (κ3) is 1.61. The van der Waals surface area contributed by atoms with Crippen molar-refractivity contribution in [1.29, 1.82) is 0 Å². The number of rotatable bonds is 2. The van der Waals surface area contributed by atoms with Gasteiger partial charge in [-0.25, -0.2) is 4.98 Å². The van der Waals surface area contributed by atoms with E-state index < -0.39 is 0 Å². The van der Waals surface area contributed by atoms with Crippen molar-refractivity contribution < 1.29 is 0 Å². The molecule has 1 aromatic heterocycles. The number of hydrogen-bond donors (Lipinski definition) is 1. The third-order valence-corrected chi connectivity index (χ3v) is 2.71. The average molecular weight is 190 g/mol. The number of hydrogen-bond acceptors (Lipinski definition) is 3. The molecule has 0 saturated heterocycles. The molecule has 2 rings (SSSR count). The summed E-state index contributed by atoms with van der Waals surface area (Å²) in [4.78, 5) is 4.26. The fourth-order valence-corrected chi connectivity index (χ4v) is 1.96. The van der Waals surface area contributed by atoms with Crippen molar-refractivity contribution in [1.82, 2.24) is 4.98 Å². The van der Waals surface area contributed by atoms with Crippen LogP contribution < -0.4 is 5.73 Å². The van der Waals surface area contributed by atoms with Crippen LogP contribution in [0.2, 0.25) is 0 Å². The zero-order valence-electron chi connectivity index (χ0n) is 7.10. The molecule has 1 aromatic carbocycles. The third-order valence-electron chi connectivity index (χ3n) is 1.90. The molecule has 0 saturated carbocycles. The van der Waals surface area contributed by atoms with Gasteiger partial charge < -0.3 is 5.73 Å². The molecule has 13 heavy (non-hydrogen) atoms. The Morgan fingerprint density at radius 2 is 2.15 bits per heavy atom. The first-order valence-corrected chi connectivity index (χ1v) is 4.97. The second-order valence-electron chi connectivity index (χ2n) is 2.70. The van der Waals surface area contributed by atoms with Crippen LogP contribution in [0, 0.1) is 0 Å². The molecule has 0 aliphatic carbocycles. The standard InChI is InChI=1S/C10H10N2S/c11-7-8-3-1-2-4-9(8)10-12-5-6-13-10/h1-6H,7,11H2. The highest BCUT2D eigenvalue weighted by molar-refractivity contribution is 7.13. The molecule has 1 heterocycles. The monoisotopic (exact) mass is 190 g/mol. The van der Waals surface area contributed by atoms with E-state index >= 15 is 0 Å². The Labute approximate surface area is 81.1 Å². The number of benzene rings is 1. The average Bonchev–Trinajstić information content (AvgIpc) is 2.70. The van der Waals surface area contributed by atoms with Crippen molar-refractivity contribution in [3.63, 3.8) is 0 Å². The number of aromatic nitrogens is 1. The van der Waals surface area contributed by atoms with Crippen LogP contribution in [0.3, 0.4) is 0 Å². The highest BCUT2D eigenvalue weighted by atomic mass is 32.1. The van der Waals surface area contributed by atoms with E-state index in [1.165, 1.54) is 0 Å². The summed E-state index contributed by atoms with van der Waals surface area (Å²) in [6.07, 6.45) is 1.81. The molecule has 3 heteroatoms.